The molecular weight excluding hydrogens is 432 g/mol. The van der Waals surface area contributed by atoms with Crippen LogP contribution in [0.3, 0.4) is 0 Å². The van der Waals surface area contributed by atoms with Crippen molar-refractivity contribution in [2.24, 2.45) is 0 Å². The summed E-state index contributed by atoms with van der Waals surface area (Å²) < 4.78 is 0. The van der Waals surface area contributed by atoms with Gasteiger partial charge in [0.2, 0.25) is 0 Å². The summed E-state index contributed by atoms with van der Waals surface area (Å²) in [4.78, 5) is 0. The molecular formula is C36H22. The fourth-order valence-electron chi connectivity index (χ4n) is 6.11. The summed E-state index contributed by atoms with van der Waals surface area (Å²) >= 11 is 0. The molecule has 7 aromatic carbocycles. The van der Waals surface area contributed by atoms with Gasteiger partial charge < -0.3 is 0 Å². The second-order valence-electron chi connectivity index (χ2n) is 9.74. The molecule has 7 aromatic rings. The van der Waals surface area contributed by atoms with Gasteiger partial charge in [0.15, 0.2) is 0 Å². The summed E-state index contributed by atoms with van der Waals surface area (Å²) in [6.45, 7) is 0. The minimum absolute atomic E-state index is 1.27. The van der Waals surface area contributed by atoms with E-state index in [2.05, 4.69) is 133 Å². The van der Waals surface area contributed by atoms with Crippen molar-refractivity contribution >= 4 is 32.3 Å². The summed E-state index contributed by atoms with van der Waals surface area (Å²) in [5, 5.41) is 7.83. The molecule has 0 spiro atoms. The Kier molecular flexibility index (Phi) is 4.03. The lowest BCUT2D eigenvalue weighted by atomic mass is 9.93. The number of fused-ring (bicyclic) bond motifs is 5. The topological polar surface area (TPSA) is 0 Å². The minimum atomic E-state index is 1.27. The van der Waals surface area contributed by atoms with Gasteiger partial charge in [-0.2, -0.15) is 0 Å². The molecule has 0 atom stereocenters. The Morgan fingerprint density at radius 2 is 0.861 bits per heavy atom. The zero-order valence-electron chi connectivity index (χ0n) is 19.7. The van der Waals surface area contributed by atoms with Crippen molar-refractivity contribution < 1.29 is 0 Å². The molecule has 166 valence electrons. The summed E-state index contributed by atoms with van der Waals surface area (Å²) in [6.07, 6.45) is 0. The molecule has 0 bridgehead atoms. The molecule has 8 rings (SSSR count). The van der Waals surface area contributed by atoms with Gasteiger partial charge in [0.1, 0.15) is 0 Å². The van der Waals surface area contributed by atoms with E-state index in [0.717, 1.165) is 0 Å². The highest BCUT2D eigenvalue weighted by molar-refractivity contribution is 6.19. The van der Waals surface area contributed by atoms with Gasteiger partial charge in [-0.05, 0) is 89.0 Å². The third-order valence-electron chi connectivity index (χ3n) is 7.80. The molecule has 0 N–H and O–H groups in total. The van der Waals surface area contributed by atoms with Crippen molar-refractivity contribution in [3.8, 4) is 44.5 Å². The standard InChI is InChI=1S/C36H22/c1-2-9-25-21-26(16-15-23(25)7-1)30-19-20-34-35-22-27(29-12-5-10-24-8-3-4-11-28(24)29)17-18-31(35)33-14-6-13-32(30)36(33)34/h1-22H. The van der Waals surface area contributed by atoms with Crippen molar-refractivity contribution in [3.63, 3.8) is 0 Å². The van der Waals surface area contributed by atoms with Crippen LogP contribution in [0.25, 0.3) is 76.8 Å². The van der Waals surface area contributed by atoms with Gasteiger partial charge in [-0.25, -0.2) is 0 Å². The zero-order valence-corrected chi connectivity index (χ0v) is 19.7. The van der Waals surface area contributed by atoms with Crippen molar-refractivity contribution in [2.45, 2.75) is 0 Å². The van der Waals surface area contributed by atoms with Crippen LogP contribution in [-0.2, 0) is 0 Å². The Bertz CT molecular complexity index is 1990. The highest BCUT2D eigenvalue weighted by Crippen LogP contribution is 2.50. The third-order valence-corrected chi connectivity index (χ3v) is 7.80. The first-order chi connectivity index (χ1) is 17.8. The smallest absolute Gasteiger partial charge is 0.00201 e. The molecule has 1 aliphatic rings. The number of rotatable bonds is 2. The summed E-state index contributed by atoms with van der Waals surface area (Å²) in [7, 11) is 0. The lowest BCUT2D eigenvalue weighted by molar-refractivity contribution is 1.64. The second kappa shape index (κ2) is 7.41. The quantitative estimate of drug-likeness (QED) is 0.244. The maximum atomic E-state index is 2.39. The molecule has 0 nitrogen and oxygen atoms in total. The summed E-state index contributed by atoms with van der Waals surface area (Å²) in [5.41, 5.74) is 10.5. The minimum Gasteiger partial charge on any atom is -0.0616 e. The first-order valence-electron chi connectivity index (χ1n) is 12.5. The molecule has 0 heteroatoms. The number of hydrogen-bond donors (Lipinski definition) is 0. The van der Waals surface area contributed by atoms with E-state index < -0.39 is 0 Å². The maximum Gasteiger partial charge on any atom is -0.00201 e. The molecule has 0 saturated carbocycles. The lowest BCUT2D eigenvalue weighted by Gasteiger charge is -2.11. The average Bonchev–Trinajstić information content (AvgIpc) is 3.27. The van der Waals surface area contributed by atoms with Crippen molar-refractivity contribution in [3.05, 3.63) is 133 Å². The van der Waals surface area contributed by atoms with Gasteiger partial charge in [0, 0.05) is 0 Å². The van der Waals surface area contributed by atoms with Crippen LogP contribution in [0.2, 0.25) is 0 Å². The Labute approximate surface area is 210 Å². The molecule has 0 heterocycles. The van der Waals surface area contributed by atoms with Crippen LogP contribution in [0.1, 0.15) is 0 Å². The van der Waals surface area contributed by atoms with E-state index in [4.69, 9.17) is 0 Å². The third kappa shape index (κ3) is 2.76. The van der Waals surface area contributed by atoms with Gasteiger partial charge in [0.25, 0.3) is 0 Å². The monoisotopic (exact) mass is 454 g/mol. The fraction of sp³-hybridized carbons (Fsp3) is 0. The number of benzene rings is 7. The van der Waals surface area contributed by atoms with Crippen molar-refractivity contribution in [1.82, 2.24) is 0 Å². The molecule has 0 saturated heterocycles. The molecule has 0 fully saturated rings. The van der Waals surface area contributed by atoms with Crippen LogP contribution in [0, 0.1) is 0 Å². The van der Waals surface area contributed by atoms with Gasteiger partial charge in [-0.1, -0.05) is 121 Å². The second-order valence-corrected chi connectivity index (χ2v) is 9.74. The first-order valence-corrected chi connectivity index (χ1v) is 12.5. The Balaban J connectivity index is 1.34. The zero-order chi connectivity index (χ0) is 23.6. The SMILES string of the molecule is c1ccc2cc(-c3ccc4c5c(cccc35)-c3ccc(-c5cccc6ccccc56)cc3-4)ccc2c1. The van der Waals surface area contributed by atoms with E-state index in [0.29, 0.717) is 0 Å². The molecule has 36 heavy (non-hydrogen) atoms. The van der Waals surface area contributed by atoms with Crippen LogP contribution < -0.4 is 0 Å². The van der Waals surface area contributed by atoms with Crippen LogP contribution in [0.4, 0.5) is 0 Å². The molecule has 0 radical (unpaired) electrons. The normalized spacial score (nSPS) is 11.9. The van der Waals surface area contributed by atoms with Crippen molar-refractivity contribution in [1.29, 1.82) is 0 Å². The van der Waals surface area contributed by atoms with Gasteiger partial charge >= 0.3 is 0 Å². The molecule has 0 amide bonds. The Morgan fingerprint density at radius 1 is 0.278 bits per heavy atom. The predicted molar refractivity (Wildman–Crippen MR) is 154 cm³/mol. The van der Waals surface area contributed by atoms with E-state index in [1.807, 2.05) is 0 Å². The number of hydrogen-bond acceptors (Lipinski definition) is 0. The average molecular weight is 455 g/mol. The molecule has 0 unspecified atom stereocenters. The molecule has 0 aromatic heterocycles. The van der Waals surface area contributed by atoms with Crippen LogP contribution in [0.15, 0.2) is 133 Å². The highest BCUT2D eigenvalue weighted by atomic mass is 14.3. The maximum absolute atomic E-state index is 2.39. The highest BCUT2D eigenvalue weighted by Gasteiger charge is 2.23. The summed E-state index contributed by atoms with van der Waals surface area (Å²) in [5.74, 6) is 0. The van der Waals surface area contributed by atoms with E-state index in [1.165, 1.54) is 76.8 Å². The van der Waals surface area contributed by atoms with Gasteiger partial charge in [-0.15, -0.1) is 0 Å². The van der Waals surface area contributed by atoms with Crippen LogP contribution in [-0.4, -0.2) is 0 Å². The van der Waals surface area contributed by atoms with Gasteiger partial charge in [0.05, 0.1) is 0 Å². The summed E-state index contributed by atoms with van der Waals surface area (Å²) in [6, 6.07) is 49.1. The van der Waals surface area contributed by atoms with Crippen molar-refractivity contribution in [2.75, 3.05) is 0 Å². The lowest BCUT2D eigenvalue weighted by Crippen LogP contribution is -1.84. The van der Waals surface area contributed by atoms with E-state index in [1.54, 1.807) is 0 Å². The molecule has 1 aliphatic carbocycles. The van der Waals surface area contributed by atoms with Gasteiger partial charge in [-0.3, -0.25) is 0 Å². The largest absolute Gasteiger partial charge is 0.0616 e. The first kappa shape index (κ1) is 19.6. The van der Waals surface area contributed by atoms with E-state index in [9.17, 15) is 0 Å². The Morgan fingerprint density at radius 3 is 1.81 bits per heavy atom. The fourth-order valence-corrected chi connectivity index (χ4v) is 6.11. The van der Waals surface area contributed by atoms with Crippen LogP contribution in [0.5, 0.6) is 0 Å². The van der Waals surface area contributed by atoms with E-state index in [-0.39, 0.29) is 0 Å². The molecule has 0 aliphatic heterocycles. The Hall–Kier alpha value is -4.68. The van der Waals surface area contributed by atoms with E-state index >= 15 is 0 Å². The van der Waals surface area contributed by atoms with Crippen LogP contribution >= 0.6 is 0 Å². The predicted octanol–water partition coefficient (Wildman–Crippen LogP) is 10.1.